The molecule has 4 aromatic rings. The number of carbonyl (C=O) groups is 1. The number of rotatable bonds is 6. The van der Waals surface area contributed by atoms with Crippen molar-refractivity contribution in [1.82, 2.24) is 25.5 Å². The Labute approximate surface area is 161 Å². The second-order valence-corrected chi connectivity index (χ2v) is 6.18. The van der Waals surface area contributed by atoms with Crippen LogP contribution in [0.25, 0.3) is 16.5 Å². The molecule has 1 aromatic heterocycles. The fourth-order valence-corrected chi connectivity index (χ4v) is 2.96. The first-order chi connectivity index (χ1) is 13.7. The molecule has 1 amide bonds. The Morgan fingerprint density at radius 2 is 1.82 bits per heavy atom. The van der Waals surface area contributed by atoms with E-state index in [0.29, 0.717) is 18.0 Å². The summed E-state index contributed by atoms with van der Waals surface area (Å²) in [6.07, 6.45) is 0. The van der Waals surface area contributed by atoms with E-state index in [1.807, 2.05) is 73.7 Å². The van der Waals surface area contributed by atoms with Crippen LogP contribution in [0.5, 0.6) is 5.75 Å². The molecule has 7 nitrogen and oxygen atoms in total. The van der Waals surface area contributed by atoms with Crippen molar-refractivity contribution in [2.24, 2.45) is 0 Å². The molecule has 0 radical (unpaired) electrons. The number of hydrogen-bond donors (Lipinski definition) is 1. The highest BCUT2D eigenvalue weighted by molar-refractivity contribution is 5.98. The molecule has 0 atom stereocenters. The summed E-state index contributed by atoms with van der Waals surface area (Å²) in [6.45, 7) is 2.76. The summed E-state index contributed by atoms with van der Waals surface area (Å²) in [5.74, 6) is 1.15. The van der Waals surface area contributed by atoms with Crippen LogP contribution in [-0.4, -0.2) is 32.7 Å². The van der Waals surface area contributed by atoms with Crippen molar-refractivity contribution in [3.05, 3.63) is 78.1 Å². The van der Waals surface area contributed by atoms with Gasteiger partial charge in [-0.15, -0.1) is 5.10 Å². The lowest BCUT2D eigenvalue weighted by atomic mass is 10.1. The molecule has 0 spiro atoms. The first-order valence-electron chi connectivity index (χ1n) is 9.02. The summed E-state index contributed by atoms with van der Waals surface area (Å²) >= 11 is 0. The minimum Gasteiger partial charge on any atom is -0.494 e. The Morgan fingerprint density at radius 3 is 2.61 bits per heavy atom. The van der Waals surface area contributed by atoms with Gasteiger partial charge < -0.3 is 10.1 Å². The number of ether oxygens (including phenoxy) is 1. The van der Waals surface area contributed by atoms with E-state index in [2.05, 4.69) is 20.8 Å². The lowest BCUT2D eigenvalue weighted by Gasteiger charge is -2.08. The van der Waals surface area contributed by atoms with Gasteiger partial charge in [0.05, 0.1) is 18.8 Å². The Balaban J connectivity index is 1.47. The molecule has 4 rings (SSSR count). The normalized spacial score (nSPS) is 10.8. The van der Waals surface area contributed by atoms with Crippen LogP contribution in [0, 0.1) is 0 Å². The minimum atomic E-state index is -0.174. The van der Waals surface area contributed by atoms with Gasteiger partial charge in [-0.2, -0.15) is 4.68 Å². The lowest BCUT2D eigenvalue weighted by Crippen LogP contribution is -2.24. The van der Waals surface area contributed by atoms with Crippen molar-refractivity contribution in [2.75, 3.05) is 6.61 Å². The molecule has 1 heterocycles. The Bertz CT molecular complexity index is 1110. The monoisotopic (exact) mass is 373 g/mol. The van der Waals surface area contributed by atoms with E-state index in [-0.39, 0.29) is 12.5 Å². The number of benzene rings is 3. The lowest BCUT2D eigenvalue weighted by molar-refractivity contribution is 0.0949. The van der Waals surface area contributed by atoms with Gasteiger partial charge in [0, 0.05) is 5.56 Å². The molecule has 1 N–H and O–H groups in total. The molecule has 140 valence electrons. The van der Waals surface area contributed by atoms with Gasteiger partial charge in [-0.1, -0.05) is 30.3 Å². The van der Waals surface area contributed by atoms with Gasteiger partial charge in [0.15, 0.2) is 5.82 Å². The van der Waals surface area contributed by atoms with Gasteiger partial charge in [-0.3, -0.25) is 4.79 Å². The van der Waals surface area contributed by atoms with E-state index in [9.17, 15) is 4.79 Å². The zero-order valence-corrected chi connectivity index (χ0v) is 15.4. The van der Waals surface area contributed by atoms with Crippen molar-refractivity contribution >= 4 is 16.7 Å². The molecule has 0 bridgehead atoms. The fourth-order valence-electron chi connectivity index (χ4n) is 2.96. The van der Waals surface area contributed by atoms with Gasteiger partial charge >= 0.3 is 0 Å². The van der Waals surface area contributed by atoms with Crippen LogP contribution < -0.4 is 10.1 Å². The first kappa shape index (κ1) is 17.7. The highest BCUT2D eigenvalue weighted by Crippen LogP contribution is 2.17. The van der Waals surface area contributed by atoms with Gasteiger partial charge in [0.2, 0.25) is 0 Å². The van der Waals surface area contributed by atoms with Crippen molar-refractivity contribution < 1.29 is 9.53 Å². The standard InChI is InChI=1S/C21H19N5O2/c1-2-28-19-11-9-18(10-12-19)26-20(23-24-25-26)14-22-21(27)17-8-7-15-5-3-4-6-16(15)13-17/h3-13H,2,14H2,1H3,(H,22,27). The largest absolute Gasteiger partial charge is 0.494 e. The van der Waals surface area contributed by atoms with Crippen molar-refractivity contribution in [3.8, 4) is 11.4 Å². The predicted octanol–water partition coefficient (Wildman–Crippen LogP) is 3.14. The van der Waals surface area contributed by atoms with Gasteiger partial charge in [0.1, 0.15) is 5.75 Å². The molecular weight excluding hydrogens is 354 g/mol. The van der Waals surface area contributed by atoms with Gasteiger partial charge in [-0.05, 0) is 64.5 Å². The highest BCUT2D eigenvalue weighted by atomic mass is 16.5. The zero-order chi connectivity index (χ0) is 19.3. The summed E-state index contributed by atoms with van der Waals surface area (Å²) in [5.41, 5.74) is 1.39. The summed E-state index contributed by atoms with van der Waals surface area (Å²) in [6, 6.07) is 21.0. The molecule has 0 fully saturated rings. The summed E-state index contributed by atoms with van der Waals surface area (Å²) in [4.78, 5) is 12.5. The maximum Gasteiger partial charge on any atom is 0.251 e. The van der Waals surface area contributed by atoms with Crippen LogP contribution in [0.15, 0.2) is 66.7 Å². The number of tetrazole rings is 1. The predicted molar refractivity (Wildman–Crippen MR) is 105 cm³/mol. The first-order valence-corrected chi connectivity index (χ1v) is 9.02. The third-order valence-electron chi connectivity index (χ3n) is 4.35. The Morgan fingerprint density at radius 1 is 1.04 bits per heavy atom. The SMILES string of the molecule is CCOc1ccc(-n2nnnc2CNC(=O)c2ccc3ccccc3c2)cc1. The van der Waals surface area contributed by atoms with Gasteiger partial charge in [-0.25, -0.2) is 0 Å². The summed E-state index contributed by atoms with van der Waals surface area (Å²) < 4.78 is 7.04. The van der Waals surface area contributed by atoms with E-state index < -0.39 is 0 Å². The second kappa shape index (κ2) is 7.87. The number of hydrogen-bond acceptors (Lipinski definition) is 5. The van der Waals surface area contributed by atoms with E-state index in [1.54, 1.807) is 4.68 Å². The second-order valence-electron chi connectivity index (χ2n) is 6.18. The van der Waals surface area contributed by atoms with E-state index >= 15 is 0 Å². The fraction of sp³-hybridized carbons (Fsp3) is 0.143. The van der Waals surface area contributed by atoms with E-state index in [1.165, 1.54) is 0 Å². The average molecular weight is 373 g/mol. The number of nitrogens with one attached hydrogen (secondary N) is 1. The summed E-state index contributed by atoms with van der Waals surface area (Å²) in [7, 11) is 0. The van der Waals surface area contributed by atoms with Crippen LogP contribution in [-0.2, 0) is 6.54 Å². The molecule has 0 unspecified atom stereocenters. The summed E-state index contributed by atoms with van der Waals surface area (Å²) in [5, 5.41) is 16.8. The van der Waals surface area contributed by atoms with E-state index in [4.69, 9.17) is 4.74 Å². The van der Waals surface area contributed by atoms with Crippen molar-refractivity contribution in [1.29, 1.82) is 0 Å². The van der Waals surface area contributed by atoms with Crippen molar-refractivity contribution in [3.63, 3.8) is 0 Å². The number of fused-ring (bicyclic) bond motifs is 1. The maximum absolute atomic E-state index is 12.5. The smallest absolute Gasteiger partial charge is 0.251 e. The van der Waals surface area contributed by atoms with Gasteiger partial charge in [0.25, 0.3) is 5.91 Å². The Hall–Kier alpha value is -3.74. The number of carbonyl (C=O) groups excluding carboxylic acids is 1. The number of aromatic nitrogens is 4. The maximum atomic E-state index is 12.5. The van der Waals surface area contributed by atoms with E-state index in [0.717, 1.165) is 22.2 Å². The van der Waals surface area contributed by atoms with Crippen LogP contribution in [0.2, 0.25) is 0 Å². The molecule has 0 aliphatic heterocycles. The zero-order valence-electron chi connectivity index (χ0n) is 15.4. The topological polar surface area (TPSA) is 81.9 Å². The van der Waals surface area contributed by atoms with Crippen LogP contribution in [0.3, 0.4) is 0 Å². The minimum absolute atomic E-state index is 0.174. The molecule has 3 aromatic carbocycles. The van der Waals surface area contributed by atoms with Crippen LogP contribution >= 0.6 is 0 Å². The number of amides is 1. The molecular formula is C21H19N5O2. The van der Waals surface area contributed by atoms with Crippen molar-refractivity contribution in [2.45, 2.75) is 13.5 Å². The molecule has 0 aliphatic carbocycles. The third kappa shape index (κ3) is 3.68. The quantitative estimate of drug-likeness (QED) is 0.561. The Kier molecular flexibility index (Phi) is 4.97. The average Bonchev–Trinajstić information content (AvgIpc) is 3.21. The molecule has 0 aliphatic rings. The van der Waals surface area contributed by atoms with Crippen LogP contribution in [0.4, 0.5) is 0 Å². The molecule has 7 heteroatoms. The van der Waals surface area contributed by atoms with Crippen LogP contribution in [0.1, 0.15) is 23.1 Å². The molecule has 0 saturated heterocycles. The molecule has 0 saturated carbocycles. The molecule has 28 heavy (non-hydrogen) atoms. The third-order valence-corrected chi connectivity index (χ3v) is 4.35. The number of nitrogens with zero attached hydrogens (tertiary/aromatic N) is 4. The highest BCUT2D eigenvalue weighted by Gasteiger charge is 2.12.